The summed E-state index contributed by atoms with van der Waals surface area (Å²) in [7, 11) is -2.66. The van der Waals surface area contributed by atoms with Gasteiger partial charge in [-0.15, -0.1) is 0 Å². The van der Waals surface area contributed by atoms with Crippen LogP contribution in [-0.4, -0.2) is 52.3 Å². The average Bonchev–Trinajstić information content (AvgIpc) is 2.79. The molecule has 9 heteroatoms. The van der Waals surface area contributed by atoms with E-state index in [9.17, 15) is 9.59 Å². The van der Waals surface area contributed by atoms with Gasteiger partial charge in [-0.25, -0.2) is 4.79 Å². The minimum absolute atomic E-state index is 0.260. The molecule has 1 rings (SSSR count). The van der Waals surface area contributed by atoms with E-state index in [-0.39, 0.29) is 12.4 Å². The topological polar surface area (TPSA) is 101 Å². The van der Waals surface area contributed by atoms with Gasteiger partial charge in [0.1, 0.15) is 0 Å². The summed E-state index contributed by atoms with van der Waals surface area (Å²) in [6.07, 6.45) is 6.92. The molecule has 0 aliphatic carbocycles. The number of carboxylic acids is 1. The van der Waals surface area contributed by atoms with Crippen LogP contribution in [0.1, 0.15) is 71.8 Å². The predicted octanol–water partition coefficient (Wildman–Crippen LogP) is 5.48. The van der Waals surface area contributed by atoms with Crippen molar-refractivity contribution in [1.29, 1.82) is 0 Å². The van der Waals surface area contributed by atoms with Gasteiger partial charge in [-0.1, -0.05) is 25.8 Å². The van der Waals surface area contributed by atoms with E-state index in [0.29, 0.717) is 56.0 Å². The molecule has 0 amide bonds. The van der Waals surface area contributed by atoms with E-state index in [1.165, 1.54) is 6.08 Å². The minimum Gasteiger partial charge on any atom is -0.490 e. The van der Waals surface area contributed by atoms with Crippen LogP contribution in [0.15, 0.2) is 24.3 Å². The van der Waals surface area contributed by atoms with Crippen LogP contribution < -0.4 is 9.47 Å². The van der Waals surface area contributed by atoms with Crippen LogP contribution >= 0.6 is 0 Å². The predicted molar refractivity (Wildman–Crippen MR) is 133 cm³/mol. The van der Waals surface area contributed by atoms with Gasteiger partial charge in [0, 0.05) is 38.4 Å². The van der Waals surface area contributed by atoms with Gasteiger partial charge in [0.05, 0.1) is 6.61 Å². The summed E-state index contributed by atoms with van der Waals surface area (Å²) in [6.45, 7) is 10.0. The van der Waals surface area contributed by atoms with Crippen molar-refractivity contribution in [3.05, 3.63) is 29.8 Å². The summed E-state index contributed by atoms with van der Waals surface area (Å²) < 4.78 is 28.9. The molecule has 192 valence electrons. The molecular formula is C25H40O8Si. The molecule has 0 saturated carbocycles. The fourth-order valence-electron chi connectivity index (χ4n) is 3.28. The molecule has 34 heavy (non-hydrogen) atoms. The Morgan fingerprint density at radius 2 is 1.59 bits per heavy atom. The molecule has 0 bridgehead atoms. The third kappa shape index (κ3) is 11.8. The first-order valence-electron chi connectivity index (χ1n) is 12.2. The Kier molecular flexibility index (Phi) is 15.1. The molecule has 0 saturated heterocycles. The maximum atomic E-state index is 12.5. The molecular weight excluding hydrogens is 456 g/mol. The molecule has 0 spiro atoms. The fourth-order valence-corrected chi connectivity index (χ4v) is 5.97. The van der Waals surface area contributed by atoms with Crippen molar-refractivity contribution in [1.82, 2.24) is 0 Å². The van der Waals surface area contributed by atoms with E-state index in [0.717, 1.165) is 31.8 Å². The van der Waals surface area contributed by atoms with E-state index in [4.69, 9.17) is 27.9 Å². The first-order valence-corrected chi connectivity index (χ1v) is 14.1. The Balaban J connectivity index is 2.66. The Bertz CT molecular complexity index is 748. The van der Waals surface area contributed by atoms with Crippen LogP contribution in [0.3, 0.4) is 0 Å². The van der Waals surface area contributed by atoms with Gasteiger partial charge in [-0.3, -0.25) is 4.79 Å². The van der Waals surface area contributed by atoms with Crippen LogP contribution in [0.2, 0.25) is 6.04 Å². The van der Waals surface area contributed by atoms with Crippen LogP contribution in [0.4, 0.5) is 0 Å². The molecule has 1 aromatic rings. The Hall–Kier alpha value is -2.20. The third-order valence-corrected chi connectivity index (χ3v) is 7.97. The molecule has 1 aromatic carbocycles. The highest BCUT2D eigenvalue weighted by Gasteiger charge is 2.39. The van der Waals surface area contributed by atoms with Gasteiger partial charge in [0.25, 0.3) is 0 Å². The number of hydrogen-bond acceptors (Lipinski definition) is 7. The summed E-state index contributed by atoms with van der Waals surface area (Å²) in [5, 5.41) is 8.85. The second kappa shape index (κ2) is 17.3. The molecule has 0 aliphatic heterocycles. The summed E-state index contributed by atoms with van der Waals surface area (Å²) in [4.78, 5) is 23.3. The third-order valence-electron chi connectivity index (χ3n) is 4.82. The normalized spacial score (nSPS) is 11.6. The lowest BCUT2D eigenvalue weighted by atomic mass is 10.2. The van der Waals surface area contributed by atoms with Gasteiger partial charge in [-0.2, -0.15) is 0 Å². The van der Waals surface area contributed by atoms with E-state index < -0.39 is 14.8 Å². The highest BCUT2D eigenvalue weighted by molar-refractivity contribution is 6.60. The zero-order valence-corrected chi connectivity index (χ0v) is 22.0. The lowest BCUT2D eigenvalue weighted by molar-refractivity contribution is -0.134. The zero-order chi connectivity index (χ0) is 25.2. The first-order chi connectivity index (χ1) is 16.4. The second-order valence-electron chi connectivity index (χ2n) is 7.60. The summed E-state index contributed by atoms with van der Waals surface area (Å²) in [5.41, 5.74) is 0.608. The molecule has 8 nitrogen and oxygen atoms in total. The van der Waals surface area contributed by atoms with E-state index >= 15 is 0 Å². The van der Waals surface area contributed by atoms with Crippen molar-refractivity contribution in [2.45, 2.75) is 72.3 Å². The number of carbonyl (C=O) groups is 2. The van der Waals surface area contributed by atoms with Gasteiger partial charge in [0.15, 0.2) is 11.5 Å². The lowest BCUT2D eigenvalue weighted by Gasteiger charge is -2.28. The van der Waals surface area contributed by atoms with Crippen LogP contribution in [0.25, 0.3) is 6.08 Å². The summed E-state index contributed by atoms with van der Waals surface area (Å²) >= 11 is 0. The molecule has 1 N–H and O–H groups in total. The minimum atomic E-state index is -2.66. The number of carboxylic acid groups (broad SMARTS) is 1. The van der Waals surface area contributed by atoms with Gasteiger partial charge < -0.3 is 27.9 Å². The number of carbonyl (C=O) groups excluding carboxylic acids is 1. The van der Waals surface area contributed by atoms with E-state index in [1.807, 2.05) is 20.8 Å². The Morgan fingerprint density at radius 3 is 2.18 bits per heavy atom. The monoisotopic (exact) mass is 496 g/mol. The SMILES string of the molecule is CCCCOc1ccc(C=CC(=O)O)cc1OC(=O)CCCCC[Si](OCC)(OCC)OCC. The van der Waals surface area contributed by atoms with Gasteiger partial charge in [-0.05, 0) is 63.8 Å². The van der Waals surface area contributed by atoms with Crippen molar-refractivity contribution < 1.29 is 37.4 Å². The molecule has 0 heterocycles. The number of esters is 1. The highest BCUT2D eigenvalue weighted by atomic mass is 28.4. The number of hydrogen-bond donors (Lipinski definition) is 1. The average molecular weight is 497 g/mol. The van der Waals surface area contributed by atoms with Crippen molar-refractivity contribution in [3.63, 3.8) is 0 Å². The summed E-state index contributed by atoms with van der Waals surface area (Å²) in [5.74, 6) is -0.645. The van der Waals surface area contributed by atoms with Crippen molar-refractivity contribution in [2.75, 3.05) is 26.4 Å². The highest BCUT2D eigenvalue weighted by Crippen LogP contribution is 2.30. The maximum Gasteiger partial charge on any atom is 0.500 e. The van der Waals surface area contributed by atoms with Crippen molar-refractivity contribution >= 4 is 26.8 Å². The van der Waals surface area contributed by atoms with Crippen molar-refractivity contribution in [3.8, 4) is 11.5 Å². The number of benzene rings is 1. The molecule has 0 unspecified atom stereocenters. The smallest absolute Gasteiger partial charge is 0.490 e. The summed E-state index contributed by atoms with van der Waals surface area (Å²) in [6, 6.07) is 5.75. The molecule has 0 aromatic heterocycles. The van der Waals surface area contributed by atoms with E-state index in [1.54, 1.807) is 18.2 Å². The quantitative estimate of drug-likeness (QED) is 0.0884. The molecule has 0 aliphatic rings. The second-order valence-corrected chi connectivity index (χ2v) is 10.3. The van der Waals surface area contributed by atoms with Crippen LogP contribution in [0.5, 0.6) is 11.5 Å². The van der Waals surface area contributed by atoms with Crippen LogP contribution in [0, 0.1) is 0 Å². The number of ether oxygens (including phenoxy) is 2. The zero-order valence-electron chi connectivity index (χ0n) is 21.0. The molecule has 0 radical (unpaired) electrons. The van der Waals surface area contributed by atoms with Crippen LogP contribution in [-0.2, 0) is 22.9 Å². The standard InChI is InChI=1S/C25H40O8Si/c1-5-9-18-29-22-16-14-21(15-17-24(26)27)20-23(22)33-25(28)13-11-10-12-19-34(30-6-2,31-7-3)32-8-4/h14-17,20H,5-13,18-19H2,1-4H3,(H,26,27). The Morgan fingerprint density at radius 1 is 0.912 bits per heavy atom. The number of aliphatic carboxylic acids is 1. The van der Waals surface area contributed by atoms with Crippen molar-refractivity contribution in [2.24, 2.45) is 0 Å². The van der Waals surface area contributed by atoms with Gasteiger partial charge in [0.2, 0.25) is 0 Å². The van der Waals surface area contributed by atoms with Gasteiger partial charge >= 0.3 is 20.7 Å². The first kappa shape index (κ1) is 29.8. The fraction of sp³-hybridized carbons (Fsp3) is 0.600. The molecule has 0 atom stereocenters. The number of unbranched alkanes of at least 4 members (excludes halogenated alkanes) is 3. The number of rotatable bonds is 19. The lowest BCUT2D eigenvalue weighted by Crippen LogP contribution is -2.45. The Labute approximate surface area is 204 Å². The van der Waals surface area contributed by atoms with E-state index in [2.05, 4.69) is 6.92 Å². The molecule has 0 fully saturated rings. The maximum absolute atomic E-state index is 12.5. The largest absolute Gasteiger partial charge is 0.500 e.